The van der Waals surface area contributed by atoms with E-state index in [1.807, 2.05) is 42.5 Å². The molecule has 0 saturated carbocycles. The number of amides is 1. The van der Waals surface area contributed by atoms with Crippen molar-refractivity contribution in [1.29, 1.82) is 0 Å². The number of benzene rings is 2. The third-order valence-electron chi connectivity index (χ3n) is 5.29. The summed E-state index contributed by atoms with van der Waals surface area (Å²) < 4.78 is 10.7. The van der Waals surface area contributed by atoms with E-state index in [0.717, 1.165) is 59.8 Å². The third kappa shape index (κ3) is 3.68. The molecule has 7 nitrogen and oxygen atoms in total. The summed E-state index contributed by atoms with van der Waals surface area (Å²) in [5, 5.41) is 2.99. The van der Waals surface area contributed by atoms with Crippen LogP contribution in [0.4, 0.5) is 11.6 Å². The van der Waals surface area contributed by atoms with Crippen LogP contribution in [0.2, 0.25) is 0 Å². The molecule has 0 aliphatic carbocycles. The Bertz CT molecular complexity index is 1060. The molecule has 7 heteroatoms. The largest absolute Gasteiger partial charge is 0.454 e. The zero-order valence-electron chi connectivity index (χ0n) is 16.1. The zero-order valence-corrected chi connectivity index (χ0v) is 16.1. The molecule has 1 saturated heterocycles. The summed E-state index contributed by atoms with van der Waals surface area (Å²) in [6.45, 7) is 2.12. The molecule has 1 fully saturated rings. The van der Waals surface area contributed by atoms with Gasteiger partial charge in [0.2, 0.25) is 12.7 Å². The molecule has 5 rings (SSSR count). The number of aryl methyl sites for hydroxylation is 1. The average Bonchev–Trinajstić information content (AvgIpc) is 3.43. The van der Waals surface area contributed by atoms with Crippen molar-refractivity contribution in [2.24, 2.45) is 0 Å². The highest BCUT2D eigenvalue weighted by Gasteiger charge is 2.21. The molecule has 1 amide bonds. The van der Waals surface area contributed by atoms with Crippen molar-refractivity contribution in [3.8, 4) is 11.5 Å². The predicted molar refractivity (Wildman–Crippen MR) is 111 cm³/mol. The van der Waals surface area contributed by atoms with Gasteiger partial charge in [0.1, 0.15) is 0 Å². The first kappa shape index (κ1) is 17.7. The van der Waals surface area contributed by atoms with Crippen LogP contribution in [-0.4, -0.2) is 35.8 Å². The topological polar surface area (TPSA) is 76.6 Å². The first-order valence-corrected chi connectivity index (χ1v) is 9.96. The summed E-state index contributed by atoms with van der Waals surface area (Å²) in [5.41, 5.74) is 2.66. The second kappa shape index (κ2) is 7.58. The van der Waals surface area contributed by atoms with Crippen LogP contribution < -0.4 is 19.7 Å². The Morgan fingerprint density at radius 1 is 1.00 bits per heavy atom. The normalized spacial score (nSPS) is 15.1. The van der Waals surface area contributed by atoms with E-state index < -0.39 is 0 Å². The minimum Gasteiger partial charge on any atom is -0.454 e. The number of ether oxygens (including phenoxy) is 2. The van der Waals surface area contributed by atoms with Gasteiger partial charge < -0.3 is 19.7 Å². The number of nitrogens with zero attached hydrogens (tertiary/aromatic N) is 3. The Labute approximate surface area is 168 Å². The fourth-order valence-corrected chi connectivity index (χ4v) is 3.77. The highest BCUT2D eigenvalue weighted by atomic mass is 16.7. The van der Waals surface area contributed by atoms with Crippen LogP contribution in [0.5, 0.6) is 11.5 Å². The Balaban J connectivity index is 1.33. The molecular weight excluding hydrogens is 368 g/mol. The quantitative estimate of drug-likeness (QED) is 0.718. The maximum Gasteiger partial charge on any atom is 0.231 e. The van der Waals surface area contributed by atoms with Crippen molar-refractivity contribution in [3.63, 3.8) is 0 Å². The van der Waals surface area contributed by atoms with Crippen molar-refractivity contribution in [1.82, 2.24) is 9.97 Å². The lowest BCUT2D eigenvalue weighted by molar-refractivity contribution is -0.116. The van der Waals surface area contributed by atoms with Crippen LogP contribution in [0.3, 0.4) is 0 Å². The van der Waals surface area contributed by atoms with Gasteiger partial charge in [-0.1, -0.05) is 18.2 Å². The van der Waals surface area contributed by atoms with Gasteiger partial charge in [0.15, 0.2) is 23.1 Å². The van der Waals surface area contributed by atoms with E-state index in [2.05, 4.69) is 15.2 Å². The molecule has 0 bridgehead atoms. The number of rotatable bonds is 5. The number of aromatic nitrogens is 2. The molecule has 1 N–H and O–H groups in total. The van der Waals surface area contributed by atoms with Gasteiger partial charge in [0.05, 0.1) is 11.0 Å². The fraction of sp³-hybridized carbons (Fsp3) is 0.318. The monoisotopic (exact) mass is 390 g/mol. The summed E-state index contributed by atoms with van der Waals surface area (Å²) in [6, 6.07) is 13.5. The fourth-order valence-electron chi connectivity index (χ4n) is 3.77. The van der Waals surface area contributed by atoms with Gasteiger partial charge in [-0.05, 0) is 49.1 Å². The first-order valence-electron chi connectivity index (χ1n) is 9.96. The number of carbonyl (C=O) groups excluding carboxylic acids is 1. The van der Waals surface area contributed by atoms with Crippen molar-refractivity contribution >= 4 is 28.6 Å². The SMILES string of the molecule is O=C(CCc1ccc2c(c1)OCO2)Nc1nc2ccccc2nc1N1CCCC1. The van der Waals surface area contributed by atoms with Crippen LogP contribution >= 0.6 is 0 Å². The smallest absolute Gasteiger partial charge is 0.231 e. The number of para-hydroxylation sites is 2. The summed E-state index contributed by atoms with van der Waals surface area (Å²) >= 11 is 0. The van der Waals surface area contributed by atoms with E-state index in [0.29, 0.717) is 18.7 Å². The van der Waals surface area contributed by atoms with Crippen molar-refractivity contribution < 1.29 is 14.3 Å². The molecule has 1 aromatic heterocycles. The lowest BCUT2D eigenvalue weighted by atomic mass is 10.1. The molecule has 2 aliphatic heterocycles. The lowest BCUT2D eigenvalue weighted by Crippen LogP contribution is -2.23. The third-order valence-corrected chi connectivity index (χ3v) is 5.29. The lowest BCUT2D eigenvalue weighted by Gasteiger charge is -2.20. The van der Waals surface area contributed by atoms with Crippen molar-refractivity contribution in [2.75, 3.05) is 30.1 Å². The molecule has 2 aromatic carbocycles. The van der Waals surface area contributed by atoms with Crippen LogP contribution in [0, 0.1) is 0 Å². The number of carbonyl (C=O) groups is 1. The molecule has 2 aliphatic rings. The Morgan fingerprint density at radius 3 is 2.59 bits per heavy atom. The maximum atomic E-state index is 12.7. The number of hydrogen-bond donors (Lipinski definition) is 1. The van der Waals surface area contributed by atoms with Crippen molar-refractivity contribution in [2.45, 2.75) is 25.7 Å². The Morgan fingerprint density at radius 2 is 1.76 bits per heavy atom. The van der Waals surface area contributed by atoms with E-state index in [1.165, 1.54) is 0 Å². The van der Waals surface area contributed by atoms with Crippen molar-refractivity contribution in [3.05, 3.63) is 48.0 Å². The highest BCUT2D eigenvalue weighted by Crippen LogP contribution is 2.33. The molecule has 148 valence electrons. The summed E-state index contributed by atoms with van der Waals surface area (Å²) in [6.07, 6.45) is 3.23. The molecule has 0 spiro atoms. The number of hydrogen-bond acceptors (Lipinski definition) is 6. The van der Waals surface area contributed by atoms with Gasteiger partial charge in [0.25, 0.3) is 0 Å². The average molecular weight is 390 g/mol. The van der Waals surface area contributed by atoms with Gasteiger partial charge in [-0.25, -0.2) is 9.97 Å². The maximum absolute atomic E-state index is 12.7. The van der Waals surface area contributed by atoms with Crippen LogP contribution in [-0.2, 0) is 11.2 Å². The number of fused-ring (bicyclic) bond motifs is 2. The van der Waals surface area contributed by atoms with Gasteiger partial charge in [0, 0.05) is 19.5 Å². The standard InChI is InChI=1S/C22H22N4O3/c27-20(10-8-15-7-9-18-19(13-15)29-14-28-18)25-21-22(26-11-3-4-12-26)24-17-6-2-1-5-16(17)23-21/h1-2,5-7,9,13H,3-4,8,10-12,14H2,(H,23,25,27). The van der Waals surface area contributed by atoms with Crippen LogP contribution in [0.15, 0.2) is 42.5 Å². The summed E-state index contributed by atoms with van der Waals surface area (Å²) in [4.78, 5) is 24.3. The van der Waals surface area contributed by atoms with E-state index in [-0.39, 0.29) is 12.7 Å². The first-order chi connectivity index (χ1) is 14.3. The van der Waals surface area contributed by atoms with Gasteiger partial charge in [-0.2, -0.15) is 0 Å². The van der Waals surface area contributed by atoms with Gasteiger partial charge >= 0.3 is 0 Å². The summed E-state index contributed by atoms with van der Waals surface area (Å²) in [5.74, 6) is 2.71. The zero-order chi connectivity index (χ0) is 19.6. The molecule has 3 heterocycles. The Kier molecular flexibility index (Phi) is 4.63. The summed E-state index contributed by atoms with van der Waals surface area (Å²) in [7, 11) is 0. The molecule has 0 unspecified atom stereocenters. The number of nitrogens with one attached hydrogen (secondary N) is 1. The molecule has 0 atom stereocenters. The molecule has 0 radical (unpaired) electrons. The number of anilines is 2. The van der Waals surface area contributed by atoms with E-state index in [4.69, 9.17) is 14.5 Å². The predicted octanol–water partition coefficient (Wildman–Crippen LogP) is 3.53. The molecule has 3 aromatic rings. The van der Waals surface area contributed by atoms with Crippen LogP contribution in [0.1, 0.15) is 24.8 Å². The van der Waals surface area contributed by atoms with Gasteiger partial charge in [-0.3, -0.25) is 4.79 Å². The Hall–Kier alpha value is -3.35. The second-order valence-electron chi connectivity index (χ2n) is 7.31. The molecular formula is C22H22N4O3. The highest BCUT2D eigenvalue weighted by molar-refractivity contribution is 5.94. The van der Waals surface area contributed by atoms with E-state index >= 15 is 0 Å². The second-order valence-corrected chi connectivity index (χ2v) is 7.31. The van der Waals surface area contributed by atoms with E-state index in [9.17, 15) is 4.79 Å². The minimum atomic E-state index is -0.0762. The molecule has 29 heavy (non-hydrogen) atoms. The van der Waals surface area contributed by atoms with E-state index in [1.54, 1.807) is 0 Å². The van der Waals surface area contributed by atoms with Gasteiger partial charge in [-0.15, -0.1) is 0 Å². The van der Waals surface area contributed by atoms with Crippen LogP contribution in [0.25, 0.3) is 11.0 Å². The minimum absolute atomic E-state index is 0.0762.